The van der Waals surface area contributed by atoms with Crippen LogP contribution in [0.25, 0.3) is 0 Å². The Morgan fingerprint density at radius 2 is 2.33 bits per heavy atom. The second-order valence-electron chi connectivity index (χ2n) is 5.03. The maximum Gasteiger partial charge on any atom is 0.232 e. The van der Waals surface area contributed by atoms with E-state index in [-0.39, 0.29) is 5.91 Å². The first-order chi connectivity index (χ1) is 10.2. The van der Waals surface area contributed by atoms with Gasteiger partial charge in [-0.3, -0.25) is 4.79 Å². The Hall–Kier alpha value is -1.85. The van der Waals surface area contributed by atoms with Gasteiger partial charge in [-0.05, 0) is 36.1 Å². The average Bonchev–Trinajstić information content (AvgIpc) is 3.00. The third-order valence-corrected chi connectivity index (χ3v) is 4.59. The van der Waals surface area contributed by atoms with Crippen molar-refractivity contribution in [2.24, 2.45) is 0 Å². The van der Waals surface area contributed by atoms with Crippen molar-refractivity contribution in [1.29, 1.82) is 0 Å². The smallest absolute Gasteiger partial charge is 0.232 e. The Bertz CT molecular complexity index is 639. The molecule has 4 nitrogen and oxygen atoms in total. The zero-order chi connectivity index (χ0) is 14.8. The largest absolute Gasteiger partial charge is 0.497 e. The van der Waals surface area contributed by atoms with E-state index in [4.69, 9.17) is 4.74 Å². The number of anilines is 1. The molecule has 2 heterocycles. The standard InChI is InChI=1S/C16H17NO3S/c1-20-11-4-5-14-13(9-11)15(18)6-7-17(14)16(19)10-12-3-2-8-21-12/h2-5,8-9,15,18H,6-7,10H2,1H3. The van der Waals surface area contributed by atoms with Gasteiger partial charge in [-0.25, -0.2) is 0 Å². The molecular formula is C16H17NO3S. The summed E-state index contributed by atoms with van der Waals surface area (Å²) in [5.74, 6) is 0.760. The SMILES string of the molecule is COc1ccc2c(c1)C(O)CCN2C(=O)Cc1cccs1. The zero-order valence-corrected chi connectivity index (χ0v) is 12.6. The average molecular weight is 303 g/mol. The molecule has 21 heavy (non-hydrogen) atoms. The minimum absolute atomic E-state index is 0.0655. The number of fused-ring (bicyclic) bond motifs is 1. The van der Waals surface area contributed by atoms with Gasteiger partial charge in [0.25, 0.3) is 0 Å². The van der Waals surface area contributed by atoms with E-state index in [2.05, 4.69) is 0 Å². The second-order valence-corrected chi connectivity index (χ2v) is 6.06. The first-order valence-electron chi connectivity index (χ1n) is 6.88. The van der Waals surface area contributed by atoms with E-state index in [0.29, 0.717) is 25.1 Å². The Kier molecular flexibility index (Phi) is 3.94. The maximum absolute atomic E-state index is 12.5. The van der Waals surface area contributed by atoms with Crippen LogP contribution in [0.3, 0.4) is 0 Å². The molecule has 2 aromatic rings. The van der Waals surface area contributed by atoms with Gasteiger partial charge < -0.3 is 14.7 Å². The summed E-state index contributed by atoms with van der Waals surface area (Å²) in [5.41, 5.74) is 1.55. The van der Waals surface area contributed by atoms with E-state index in [1.807, 2.05) is 35.7 Å². The van der Waals surface area contributed by atoms with Crippen molar-refractivity contribution in [2.75, 3.05) is 18.6 Å². The van der Waals surface area contributed by atoms with Gasteiger partial charge in [0.1, 0.15) is 5.75 Å². The van der Waals surface area contributed by atoms with Gasteiger partial charge in [-0.15, -0.1) is 11.3 Å². The fourth-order valence-corrected chi connectivity index (χ4v) is 3.31. The molecule has 1 aliphatic rings. The lowest BCUT2D eigenvalue weighted by molar-refractivity contribution is -0.118. The third-order valence-electron chi connectivity index (χ3n) is 3.72. The predicted octanol–water partition coefficient (Wildman–Crippen LogP) is 2.77. The van der Waals surface area contributed by atoms with Crippen molar-refractivity contribution in [3.63, 3.8) is 0 Å². The van der Waals surface area contributed by atoms with Crippen LogP contribution in [-0.4, -0.2) is 24.7 Å². The monoisotopic (exact) mass is 303 g/mol. The second kappa shape index (κ2) is 5.87. The van der Waals surface area contributed by atoms with Crippen molar-refractivity contribution < 1.29 is 14.6 Å². The van der Waals surface area contributed by atoms with Crippen LogP contribution in [0.5, 0.6) is 5.75 Å². The number of ether oxygens (including phenoxy) is 1. The highest BCUT2D eigenvalue weighted by Gasteiger charge is 2.28. The lowest BCUT2D eigenvalue weighted by Gasteiger charge is -2.32. The Labute approximate surface area is 127 Å². The lowest BCUT2D eigenvalue weighted by atomic mass is 9.98. The topological polar surface area (TPSA) is 49.8 Å². The van der Waals surface area contributed by atoms with Crippen LogP contribution in [0.2, 0.25) is 0 Å². The fraction of sp³-hybridized carbons (Fsp3) is 0.312. The van der Waals surface area contributed by atoms with Crippen molar-refractivity contribution >= 4 is 22.9 Å². The number of aliphatic hydroxyl groups is 1. The van der Waals surface area contributed by atoms with E-state index in [9.17, 15) is 9.90 Å². The van der Waals surface area contributed by atoms with Crippen molar-refractivity contribution in [3.8, 4) is 5.75 Å². The molecule has 0 radical (unpaired) electrons. The fourth-order valence-electron chi connectivity index (χ4n) is 2.62. The molecule has 110 valence electrons. The number of amides is 1. The van der Waals surface area contributed by atoms with Crippen LogP contribution in [0.4, 0.5) is 5.69 Å². The van der Waals surface area contributed by atoms with Gasteiger partial charge in [0.2, 0.25) is 5.91 Å². The Morgan fingerprint density at radius 3 is 3.05 bits per heavy atom. The van der Waals surface area contributed by atoms with Crippen molar-refractivity contribution in [1.82, 2.24) is 0 Å². The summed E-state index contributed by atoms with van der Waals surface area (Å²) in [6, 6.07) is 9.40. The lowest BCUT2D eigenvalue weighted by Crippen LogP contribution is -2.37. The van der Waals surface area contributed by atoms with Crippen LogP contribution in [0, 0.1) is 0 Å². The molecule has 1 aliphatic heterocycles. The minimum atomic E-state index is -0.541. The summed E-state index contributed by atoms with van der Waals surface area (Å²) in [6.45, 7) is 0.546. The van der Waals surface area contributed by atoms with Crippen molar-refractivity contribution in [2.45, 2.75) is 18.9 Å². The number of benzene rings is 1. The maximum atomic E-state index is 12.5. The molecule has 0 saturated carbocycles. The van der Waals surface area contributed by atoms with E-state index >= 15 is 0 Å². The van der Waals surface area contributed by atoms with E-state index in [1.54, 1.807) is 23.3 Å². The highest BCUT2D eigenvalue weighted by molar-refractivity contribution is 7.10. The molecule has 1 amide bonds. The van der Waals surface area contributed by atoms with Gasteiger partial charge in [0.15, 0.2) is 0 Å². The number of rotatable bonds is 3. The van der Waals surface area contributed by atoms with Crippen LogP contribution >= 0.6 is 11.3 Å². The van der Waals surface area contributed by atoms with E-state index < -0.39 is 6.10 Å². The first-order valence-corrected chi connectivity index (χ1v) is 7.76. The molecule has 1 atom stereocenters. The van der Waals surface area contributed by atoms with Gasteiger partial charge in [0.05, 0.1) is 19.6 Å². The molecule has 0 aliphatic carbocycles. The van der Waals surface area contributed by atoms with E-state index in [1.165, 1.54) is 0 Å². The minimum Gasteiger partial charge on any atom is -0.497 e. The summed E-state index contributed by atoms with van der Waals surface area (Å²) in [6.07, 6.45) is 0.413. The number of aliphatic hydroxyl groups excluding tert-OH is 1. The summed E-state index contributed by atoms with van der Waals surface area (Å²) < 4.78 is 5.20. The zero-order valence-electron chi connectivity index (χ0n) is 11.8. The molecule has 0 saturated heterocycles. The Morgan fingerprint density at radius 1 is 1.48 bits per heavy atom. The van der Waals surface area contributed by atoms with Gasteiger partial charge in [-0.2, -0.15) is 0 Å². The number of hydrogen-bond donors (Lipinski definition) is 1. The number of nitrogens with zero attached hydrogens (tertiary/aromatic N) is 1. The van der Waals surface area contributed by atoms with Gasteiger partial charge in [-0.1, -0.05) is 6.07 Å². The molecule has 1 N–H and O–H groups in total. The highest BCUT2D eigenvalue weighted by atomic mass is 32.1. The molecule has 5 heteroatoms. The number of carbonyl (C=O) groups excluding carboxylic acids is 1. The predicted molar refractivity (Wildman–Crippen MR) is 82.9 cm³/mol. The quantitative estimate of drug-likeness (QED) is 0.948. The molecule has 0 fully saturated rings. The molecule has 3 rings (SSSR count). The molecule has 0 spiro atoms. The van der Waals surface area contributed by atoms with Gasteiger partial charge in [0, 0.05) is 22.7 Å². The molecular weight excluding hydrogens is 286 g/mol. The summed E-state index contributed by atoms with van der Waals surface area (Å²) in [4.78, 5) is 15.3. The first kappa shape index (κ1) is 14.1. The molecule has 0 bridgehead atoms. The Balaban J connectivity index is 1.88. The number of methoxy groups -OCH3 is 1. The molecule has 1 aromatic carbocycles. The number of carbonyl (C=O) groups is 1. The van der Waals surface area contributed by atoms with Crippen LogP contribution in [0.15, 0.2) is 35.7 Å². The summed E-state index contributed by atoms with van der Waals surface area (Å²) in [5, 5.41) is 12.1. The van der Waals surface area contributed by atoms with E-state index in [0.717, 1.165) is 16.1 Å². The van der Waals surface area contributed by atoms with Crippen LogP contribution in [-0.2, 0) is 11.2 Å². The molecule has 1 unspecified atom stereocenters. The molecule has 1 aromatic heterocycles. The normalized spacial score (nSPS) is 17.4. The highest BCUT2D eigenvalue weighted by Crippen LogP contribution is 2.36. The summed E-state index contributed by atoms with van der Waals surface area (Å²) >= 11 is 1.59. The third kappa shape index (κ3) is 2.80. The van der Waals surface area contributed by atoms with Crippen LogP contribution < -0.4 is 9.64 Å². The number of hydrogen-bond acceptors (Lipinski definition) is 4. The van der Waals surface area contributed by atoms with Crippen molar-refractivity contribution in [3.05, 3.63) is 46.2 Å². The van der Waals surface area contributed by atoms with Crippen LogP contribution in [0.1, 0.15) is 23.0 Å². The number of thiophene rings is 1. The summed E-state index contributed by atoms with van der Waals surface area (Å²) in [7, 11) is 1.59. The van der Waals surface area contributed by atoms with Gasteiger partial charge >= 0.3 is 0 Å².